The maximum absolute atomic E-state index is 12.8. The maximum atomic E-state index is 12.8. The fourth-order valence-corrected chi connectivity index (χ4v) is 3.31. The second kappa shape index (κ2) is 8.55. The third-order valence-corrected chi connectivity index (χ3v) is 4.93. The Balaban J connectivity index is 1.41. The summed E-state index contributed by atoms with van der Waals surface area (Å²) in [5, 5.41) is 17.5. The molecule has 0 radical (unpaired) electrons. The third kappa shape index (κ3) is 4.31. The molecule has 0 saturated heterocycles. The van der Waals surface area contributed by atoms with Gasteiger partial charge in [0.1, 0.15) is 17.5 Å². The fraction of sp³-hybridized carbons (Fsp3) is 0.130. The quantitative estimate of drug-likeness (QED) is 0.525. The molecule has 0 aliphatic rings. The van der Waals surface area contributed by atoms with Crippen molar-refractivity contribution >= 4 is 11.7 Å². The van der Waals surface area contributed by atoms with Crippen molar-refractivity contribution in [2.75, 3.05) is 12.8 Å². The molecule has 0 fully saturated rings. The van der Waals surface area contributed by atoms with Crippen LogP contribution >= 0.6 is 0 Å². The number of anilines is 1. The van der Waals surface area contributed by atoms with E-state index in [9.17, 15) is 4.79 Å². The Hall–Kier alpha value is -4.38. The van der Waals surface area contributed by atoms with Crippen molar-refractivity contribution in [1.82, 2.24) is 24.5 Å². The minimum atomic E-state index is -0.103. The van der Waals surface area contributed by atoms with Gasteiger partial charge in [0.2, 0.25) is 0 Å². The van der Waals surface area contributed by atoms with Crippen LogP contribution in [-0.4, -0.2) is 37.4 Å². The minimum absolute atomic E-state index is 0.103. The molecule has 154 valence electrons. The van der Waals surface area contributed by atoms with E-state index in [0.29, 0.717) is 29.9 Å². The van der Waals surface area contributed by atoms with Gasteiger partial charge < -0.3 is 10.6 Å². The molecule has 0 aliphatic carbocycles. The number of amides is 1. The number of hydrogen-bond acceptors (Lipinski definition) is 5. The van der Waals surface area contributed by atoms with Crippen LogP contribution in [0.15, 0.2) is 73.2 Å². The van der Waals surface area contributed by atoms with Gasteiger partial charge in [0, 0.05) is 30.9 Å². The van der Waals surface area contributed by atoms with E-state index < -0.39 is 0 Å². The summed E-state index contributed by atoms with van der Waals surface area (Å²) in [6, 6.07) is 19.0. The van der Waals surface area contributed by atoms with Crippen molar-refractivity contribution in [1.29, 1.82) is 5.26 Å². The number of nitrogens with two attached hydrogens (primary N) is 1. The molecule has 4 rings (SSSR count). The van der Waals surface area contributed by atoms with E-state index in [1.165, 1.54) is 16.4 Å². The Morgan fingerprint density at radius 1 is 1.06 bits per heavy atom. The highest BCUT2D eigenvalue weighted by Gasteiger charge is 2.14. The van der Waals surface area contributed by atoms with Crippen LogP contribution in [0.1, 0.15) is 27.0 Å². The lowest BCUT2D eigenvalue weighted by Crippen LogP contribution is -2.26. The summed E-state index contributed by atoms with van der Waals surface area (Å²) in [6.45, 7) is 1.14. The van der Waals surface area contributed by atoms with Crippen LogP contribution in [0.4, 0.5) is 5.82 Å². The number of rotatable bonds is 6. The maximum Gasteiger partial charge on any atom is 0.253 e. The molecule has 0 unspecified atom stereocenters. The van der Waals surface area contributed by atoms with E-state index in [2.05, 4.69) is 22.3 Å². The van der Waals surface area contributed by atoms with Gasteiger partial charge in [0.25, 0.3) is 5.91 Å². The first-order chi connectivity index (χ1) is 15.0. The molecule has 31 heavy (non-hydrogen) atoms. The first-order valence-electron chi connectivity index (χ1n) is 9.70. The number of nitriles is 1. The van der Waals surface area contributed by atoms with Crippen molar-refractivity contribution in [3.8, 4) is 11.8 Å². The standard InChI is InChI=1S/C23H21N7O/c1-28(14-18-12-26-29(16-18)15-17-5-3-2-4-6-17)23(31)19-7-9-21(10-8-19)30-22(25)20(11-24)13-27-30/h2-10,12-13,16H,14-15,25H2,1H3. The molecule has 0 spiro atoms. The van der Waals surface area contributed by atoms with Crippen molar-refractivity contribution in [2.24, 2.45) is 0 Å². The normalized spacial score (nSPS) is 10.6. The van der Waals surface area contributed by atoms with Gasteiger partial charge in [-0.25, -0.2) is 4.68 Å². The van der Waals surface area contributed by atoms with Crippen LogP contribution in [0.2, 0.25) is 0 Å². The molecule has 2 heterocycles. The van der Waals surface area contributed by atoms with Gasteiger partial charge >= 0.3 is 0 Å². The number of aromatic nitrogens is 4. The predicted octanol–water partition coefficient (Wildman–Crippen LogP) is 2.84. The minimum Gasteiger partial charge on any atom is -0.382 e. The molecule has 0 aliphatic heterocycles. The van der Waals surface area contributed by atoms with E-state index in [4.69, 9.17) is 11.0 Å². The summed E-state index contributed by atoms with van der Waals surface area (Å²) in [6.07, 6.45) is 5.15. The third-order valence-electron chi connectivity index (χ3n) is 4.93. The van der Waals surface area contributed by atoms with Gasteiger partial charge in [-0.15, -0.1) is 0 Å². The molecule has 8 heteroatoms. The highest BCUT2D eigenvalue weighted by molar-refractivity contribution is 5.94. The van der Waals surface area contributed by atoms with Crippen LogP contribution in [-0.2, 0) is 13.1 Å². The van der Waals surface area contributed by atoms with Gasteiger partial charge in [-0.2, -0.15) is 15.5 Å². The van der Waals surface area contributed by atoms with Crippen LogP contribution in [0, 0.1) is 11.3 Å². The summed E-state index contributed by atoms with van der Waals surface area (Å²) in [5.74, 6) is 0.166. The molecule has 0 atom stereocenters. The van der Waals surface area contributed by atoms with E-state index in [1.807, 2.05) is 35.1 Å². The summed E-state index contributed by atoms with van der Waals surface area (Å²) < 4.78 is 3.33. The molecule has 4 aromatic rings. The molecule has 1 amide bonds. The second-order valence-corrected chi connectivity index (χ2v) is 7.21. The molecule has 0 bridgehead atoms. The number of carbonyl (C=O) groups is 1. The predicted molar refractivity (Wildman–Crippen MR) is 116 cm³/mol. The van der Waals surface area contributed by atoms with Crippen LogP contribution in [0.25, 0.3) is 5.69 Å². The van der Waals surface area contributed by atoms with Gasteiger partial charge in [-0.3, -0.25) is 9.48 Å². The van der Waals surface area contributed by atoms with Crippen molar-refractivity contribution < 1.29 is 4.79 Å². The van der Waals surface area contributed by atoms with Gasteiger partial charge in [0.05, 0.1) is 24.6 Å². The zero-order valence-corrected chi connectivity index (χ0v) is 17.0. The Kier molecular flexibility index (Phi) is 5.49. The smallest absolute Gasteiger partial charge is 0.253 e. The average molecular weight is 411 g/mol. The Morgan fingerprint density at radius 3 is 2.48 bits per heavy atom. The number of nitrogens with zero attached hydrogens (tertiary/aromatic N) is 6. The monoisotopic (exact) mass is 411 g/mol. The molecular weight excluding hydrogens is 390 g/mol. The molecular formula is C23H21N7O. The Morgan fingerprint density at radius 2 is 1.81 bits per heavy atom. The average Bonchev–Trinajstić information content (AvgIpc) is 3.39. The zero-order chi connectivity index (χ0) is 21.8. The lowest BCUT2D eigenvalue weighted by atomic mass is 10.1. The SMILES string of the molecule is CN(Cc1cnn(Cc2ccccc2)c1)C(=O)c1ccc(-n2ncc(C#N)c2N)cc1. The van der Waals surface area contributed by atoms with Crippen molar-refractivity contribution in [3.05, 3.63) is 95.4 Å². The van der Waals surface area contributed by atoms with Crippen molar-refractivity contribution in [2.45, 2.75) is 13.1 Å². The molecule has 8 nitrogen and oxygen atoms in total. The van der Waals surface area contributed by atoms with Crippen LogP contribution in [0.3, 0.4) is 0 Å². The van der Waals surface area contributed by atoms with Gasteiger partial charge in [0.15, 0.2) is 0 Å². The zero-order valence-electron chi connectivity index (χ0n) is 17.0. The topological polar surface area (TPSA) is 106 Å². The summed E-state index contributed by atoms with van der Waals surface area (Å²) in [7, 11) is 1.76. The van der Waals surface area contributed by atoms with E-state index in [0.717, 1.165) is 5.56 Å². The summed E-state index contributed by atoms with van der Waals surface area (Å²) >= 11 is 0. The van der Waals surface area contributed by atoms with Crippen LogP contribution < -0.4 is 5.73 Å². The number of benzene rings is 2. The molecule has 2 N–H and O–H groups in total. The fourth-order valence-electron chi connectivity index (χ4n) is 3.31. The first-order valence-corrected chi connectivity index (χ1v) is 9.70. The number of nitrogen functional groups attached to an aromatic ring is 1. The van der Waals surface area contributed by atoms with Crippen LogP contribution in [0.5, 0.6) is 0 Å². The highest BCUT2D eigenvalue weighted by Crippen LogP contribution is 2.18. The largest absolute Gasteiger partial charge is 0.382 e. The second-order valence-electron chi connectivity index (χ2n) is 7.21. The molecule has 2 aromatic heterocycles. The summed E-state index contributed by atoms with van der Waals surface area (Å²) in [5.41, 5.74) is 9.59. The van der Waals surface area contributed by atoms with E-state index in [1.54, 1.807) is 42.4 Å². The highest BCUT2D eigenvalue weighted by atomic mass is 16.2. The van der Waals surface area contributed by atoms with E-state index in [-0.39, 0.29) is 11.7 Å². The number of hydrogen-bond donors (Lipinski definition) is 1. The van der Waals surface area contributed by atoms with Crippen molar-refractivity contribution in [3.63, 3.8) is 0 Å². The Bertz CT molecular complexity index is 1230. The van der Waals surface area contributed by atoms with Gasteiger partial charge in [-0.05, 0) is 29.8 Å². The first kappa shape index (κ1) is 19.9. The Labute approximate surface area is 179 Å². The lowest BCUT2D eigenvalue weighted by molar-refractivity contribution is 0.0785. The molecule has 2 aromatic carbocycles. The number of carbonyl (C=O) groups excluding carboxylic acids is 1. The summed E-state index contributed by atoms with van der Waals surface area (Å²) in [4.78, 5) is 14.5. The van der Waals surface area contributed by atoms with Gasteiger partial charge in [-0.1, -0.05) is 30.3 Å². The lowest BCUT2D eigenvalue weighted by Gasteiger charge is -2.16. The molecule has 0 saturated carbocycles. The van der Waals surface area contributed by atoms with E-state index >= 15 is 0 Å².